The van der Waals surface area contributed by atoms with E-state index in [-0.39, 0.29) is 51.0 Å². The van der Waals surface area contributed by atoms with Gasteiger partial charge in [-0.3, -0.25) is 57.7 Å². The number of nitrogens with zero attached hydrogens (tertiary/aromatic N) is 1. The largest absolute Gasteiger partial charge is 0.481 e. The minimum absolute atomic E-state index is 0.0419. The second-order valence-electron chi connectivity index (χ2n) is 18.2. The van der Waals surface area contributed by atoms with Crippen LogP contribution in [0.5, 0.6) is 0 Å². The molecule has 1 aromatic rings. The Morgan fingerprint density at radius 3 is 1.54 bits per heavy atom. The number of nitrogens with two attached hydrogens (primary N) is 3. The van der Waals surface area contributed by atoms with E-state index in [1.807, 2.05) is 13.8 Å². The van der Waals surface area contributed by atoms with Crippen LogP contribution in [0.15, 0.2) is 35.3 Å². The standard InChI is InChI=1S/C48H79N13O13/c1-8-10-18-32(58-44(71)34(21-22-37(65)66)60-46(73)38(26(3)4)55-29(7)63)43(70)59-33(19-11-9-2)45(72)61-39(28(6)62)47(74)54-27(5)41(68)57-31(20-15-23-52-48(50)51)42(69)53-25-36(64)56-35(40(49)67)24-30-16-13-12-14-17-30/h12-14,16-17,26-28,31-35,38-39,62H,8-11,15,18-25H2,1-7H3,(H2,49,67)(H,53,69)(H,54,74)(H,55,63)(H,56,64)(H,57,68)(H,58,71)(H,59,70)(H,60,73)(H,61,72)(H,65,66)(H4,50,51,52). The van der Waals surface area contributed by atoms with Crippen LogP contribution in [0.4, 0.5) is 0 Å². The Morgan fingerprint density at radius 1 is 0.568 bits per heavy atom. The number of benzene rings is 1. The molecule has 0 saturated heterocycles. The summed E-state index contributed by atoms with van der Waals surface area (Å²) < 4.78 is 0. The maximum atomic E-state index is 13.9. The van der Waals surface area contributed by atoms with Crippen molar-refractivity contribution in [2.24, 2.45) is 28.1 Å². The molecule has 26 heteroatoms. The predicted molar refractivity (Wildman–Crippen MR) is 271 cm³/mol. The van der Waals surface area contributed by atoms with Crippen LogP contribution in [0, 0.1) is 5.92 Å². The van der Waals surface area contributed by atoms with E-state index in [1.165, 1.54) is 20.8 Å². The molecule has 0 aliphatic rings. The second kappa shape index (κ2) is 34.1. The zero-order valence-electron chi connectivity index (χ0n) is 43.4. The lowest BCUT2D eigenvalue weighted by Gasteiger charge is -2.28. The average Bonchev–Trinajstić information content (AvgIpc) is 3.33. The van der Waals surface area contributed by atoms with Crippen molar-refractivity contribution in [3.05, 3.63) is 35.9 Å². The lowest BCUT2D eigenvalue weighted by molar-refractivity contribution is -0.139. The number of hydrogen-bond donors (Lipinski definition) is 14. The van der Waals surface area contributed by atoms with Crippen LogP contribution in [0.1, 0.15) is 118 Å². The molecular weight excluding hydrogens is 967 g/mol. The lowest BCUT2D eigenvalue weighted by Crippen LogP contribution is -2.61. The molecule has 74 heavy (non-hydrogen) atoms. The molecule has 17 N–H and O–H groups in total. The number of primary amides is 1. The van der Waals surface area contributed by atoms with Gasteiger partial charge in [-0.2, -0.15) is 0 Å². The molecule has 0 heterocycles. The number of nitrogens with one attached hydrogen (secondary N) is 9. The molecule has 0 bridgehead atoms. The first-order chi connectivity index (χ1) is 34.8. The van der Waals surface area contributed by atoms with Gasteiger partial charge in [0.25, 0.3) is 0 Å². The Labute approximate surface area is 431 Å². The van der Waals surface area contributed by atoms with Crippen molar-refractivity contribution < 1.29 is 63.0 Å². The molecule has 0 radical (unpaired) electrons. The molecular formula is C48H79N13O13. The number of aliphatic hydroxyl groups is 1. The van der Waals surface area contributed by atoms with E-state index in [0.29, 0.717) is 25.7 Å². The Bertz CT molecular complexity index is 2090. The molecule has 0 aliphatic carbocycles. The minimum Gasteiger partial charge on any atom is -0.481 e. The molecule has 0 spiro atoms. The first-order valence-electron chi connectivity index (χ1n) is 24.8. The third-order valence-electron chi connectivity index (χ3n) is 11.3. The van der Waals surface area contributed by atoms with Crippen molar-refractivity contribution in [1.29, 1.82) is 0 Å². The molecule has 26 nitrogen and oxygen atoms in total. The highest BCUT2D eigenvalue weighted by Crippen LogP contribution is 2.11. The van der Waals surface area contributed by atoms with Crippen LogP contribution in [0.3, 0.4) is 0 Å². The number of carbonyl (C=O) groups excluding carboxylic acids is 10. The summed E-state index contributed by atoms with van der Waals surface area (Å²) in [6.45, 7) is 10.1. The molecule has 0 aromatic heterocycles. The number of carboxylic acids is 1. The van der Waals surface area contributed by atoms with E-state index >= 15 is 0 Å². The van der Waals surface area contributed by atoms with Crippen LogP contribution in [0.2, 0.25) is 0 Å². The zero-order chi connectivity index (χ0) is 56.1. The summed E-state index contributed by atoms with van der Waals surface area (Å²) in [6.07, 6.45) is -0.173. The normalized spacial score (nSPS) is 14.6. The summed E-state index contributed by atoms with van der Waals surface area (Å²) in [6, 6.07) is -1.83. The highest BCUT2D eigenvalue weighted by atomic mass is 16.4. The van der Waals surface area contributed by atoms with Crippen molar-refractivity contribution in [2.45, 2.75) is 174 Å². The topological polar surface area (TPSA) is 427 Å². The molecule has 0 saturated carbocycles. The fourth-order valence-corrected chi connectivity index (χ4v) is 7.16. The Kier molecular flexibility index (Phi) is 29.8. The van der Waals surface area contributed by atoms with E-state index in [1.54, 1.807) is 44.2 Å². The van der Waals surface area contributed by atoms with Crippen LogP contribution in [0.25, 0.3) is 0 Å². The number of carboxylic acid groups (broad SMARTS) is 1. The summed E-state index contributed by atoms with van der Waals surface area (Å²) in [7, 11) is 0. The number of guanidine groups is 1. The van der Waals surface area contributed by atoms with Gasteiger partial charge in [-0.15, -0.1) is 0 Å². The number of amides is 10. The van der Waals surface area contributed by atoms with Crippen molar-refractivity contribution in [3.8, 4) is 0 Å². The number of unbranched alkanes of at least 4 members (excludes halogenated alkanes) is 2. The summed E-state index contributed by atoms with van der Waals surface area (Å²) in [5.41, 5.74) is 17.1. The van der Waals surface area contributed by atoms with Crippen LogP contribution in [-0.2, 0) is 59.2 Å². The van der Waals surface area contributed by atoms with E-state index in [4.69, 9.17) is 17.2 Å². The van der Waals surface area contributed by atoms with Gasteiger partial charge in [0.15, 0.2) is 5.96 Å². The minimum atomic E-state index is -1.69. The molecule has 9 unspecified atom stereocenters. The SMILES string of the molecule is CCCCC(NC(=O)C(CCC(=O)O)NC(=O)C(NC(C)=O)C(C)C)C(=O)NC(CCCC)C(=O)NC(C(=O)NC(C)C(=O)NC(CCCN=C(N)N)C(=O)NCC(=O)NC(Cc1ccccc1)C(N)=O)C(C)O. The molecule has 1 rings (SSSR count). The van der Waals surface area contributed by atoms with E-state index < -0.39 is 138 Å². The van der Waals surface area contributed by atoms with Crippen molar-refractivity contribution >= 4 is 71.0 Å². The molecule has 1 aromatic carbocycles. The van der Waals surface area contributed by atoms with E-state index in [2.05, 4.69) is 52.8 Å². The molecule has 414 valence electrons. The number of aliphatic hydroxyl groups excluding tert-OH is 1. The number of hydrogen-bond acceptors (Lipinski definition) is 13. The van der Waals surface area contributed by atoms with Crippen molar-refractivity contribution in [3.63, 3.8) is 0 Å². The smallest absolute Gasteiger partial charge is 0.303 e. The van der Waals surface area contributed by atoms with Gasteiger partial charge >= 0.3 is 5.97 Å². The summed E-state index contributed by atoms with van der Waals surface area (Å²) in [5.74, 6) is -10.1. The maximum Gasteiger partial charge on any atom is 0.303 e. The molecule has 0 aliphatic heterocycles. The van der Waals surface area contributed by atoms with Gasteiger partial charge in [0, 0.05) is 26.3 Å². The number of rotatable bonds is 35. The fourth-order valence-electron chi connectivity index (χ4n) is 7.16. The summed E-state index contributed by atoms with van der Waals surface area (Å²) in [5, 5.41) is 42.5. The van der Waals surface area contributed by atoms with E-state index in [9.17, 15) is 63.0 Å². The first-order valence-corrected chi connectivity index (χ1v) is 24.8. The summed E-state index contributed by atoms with van der Waals surface area (Å²) in [4.78, 5) is 147. The van der Waals surface area contributed by atoms with Gasteiger partial charge in [0.05, 0.1) is 12.6 Å². The molecule has 10 amide bonds. The van der Waals surface area contributed by atoms with Gasteiger partial charge in [-0.1, -0.05) is 83.7 Å². The third-order valence-corrected chi connectivity index (χ3v) is 11.3. The predicted octanol–water partition coefficient (Wildman–Crippen LogP) is -2.92. The Balaban J connectivity index is 3.23. The van der Waals surface area contributed by atoms with Crippen LogP contribution >= 0.6 is 0 Å². The highest BCUT2D eigenvalue weighted by molar-refractivity contribution is 5.98. The lowest BCUT2D eigenvalue weighted by atomic mass is 10.0. The van der Waals surface area contributed by atoms with Crippen LogP contribution < -0.4 is 65.1 Å². The summed E-state index contributed by atoms with van der Waals surface area (Å²) >= 11 is 0. The monoisotopic (exact) mass is 1050 g/mol. The van der Waals surface area contributed by atoms with Gasteiger partial charge in [0.2, 0.25) is 59.1 Å². The number of carbonyl (C=O) groups is 11. The second-order valence-corrected chi connectivity index (χ2v) is 18.2. The maximum absolute atomic E-state index is 13.9. The van der Waals surface area contributed by atoms with Crippen molar-refractivity contribution in [2.75, 3.05) is 13.1 Å². The first kappa shape index (κ1) is 64.6. The molecule has 0 fully saturated rings. The van der Waals surface area contributed by atoms with Crippen molar-refractivity contribution in [1.82, 2.24) is 47.9 Å². The Morgan fingerprint density at radius 2 is 1.05 bits per heavy atom. The van der Waals surface area contributed by atoms with Gasteiger partial charge in [-0.25, -0.2) is 0 Å². The third kappa shape index (κ3) is 25.3. The van der Waals surface area contributed by atoms with Crippen LogP contribution in [-0.4, -0.2) is 149 Å². The number of aliphatic carboxylic acids is 1. The fraction of sp³-hybridized carbons (Fsp3) is 0.625. The van der Waals surface area contributed by atoms with Gasteiger partial charge in [0.1, 0.15) is 48.3 Å². The average molecular weight is 1050 g/mol. The Hall–Kier alpha value is -7.38. The highest BCUT2D eigenvalue weighted by Gasteiger charge is 2.35. The molecule has 9 atom stereocenters. The quantitative estimate of drug-likeness (QED) is 0.0184. The van der Waals surface area contributed by atoms with Gasteiger partial charge < -0.3 is 75.3 Å². The van der Waals surface area contributed by atoms with Gasteiger partial charge in [-0.05, 0) is 57.4 Å². The zero-order valence-corrected chi connectivity index (χ0v) is 43.4. The van der Waals surface area contributed by atoms with E-state index in [0.717, 1.165) is 5.56 Å². The number of aliphatic imine (C=N–C) groups is 1.